The highest BCUT2D eigenvalue weighted by molar-refractivity contribution is 5.76. The second-order valence-corrected chi connectivity index (χ2v) is 17.5. The zero-order valence-corrected chi connectivity index (χ0v) is 39.7. The number of unbranched alkanes of at least 4 members (excludes halogenated alkanes) is 30. The van der Waals surface area contributed by atoms with Crippen molar-refractivity contribution in [3.63, 3.8) is 0 Å². The van der Waals surface area contributed by atoms with Gasteiger partial charge in [0, 0.05) is 12.8 Å². The minimum atomic E-state index is -0.880. The molecular weight excluding hydrogens is 743 g/mol. The SMILES string of the molecule is CCCC/C=C\CCCCCCCC(=O)OCCCCCCCC/C=C\C/C=C\CCC(=O)NC(CO)C(O)/C=C/CCCCCCCCCCCCCCCCCCC. The summed E-state index contributed by atoms with van der Waals surface area (Å²) >= 11 is 0. The topological polar surface area (TPSA) is 95.9 Å². The third-order valence-electron chi connectivity index (χ3n) is 11.6. The molecule has 0 heterocycles. The van der Waals surface area contributed by atoms with Crippen LogP contribution < -0.4 is 5.32 Å². The summed E-state index contributed by atoms with van der Waals surface area (Å²) in [5.41, 5.74) is 0. The Labute approximate surface area is 372 Å². The lowest BCUT2D eigenvalue weighted by atomic mass is 10.0. The van der Waals surface area contributed by atoms with Crippen LogP contribution in [-0.2, 0) is 14.3 Å². The van der Waals surface area contributed by atoms with Crippen molar-refractivity contribution >= 4 is 11.9 Å². The van der Waals surface area contributed by atoms with Crippen LogP contribution in [0.25, 0.3) is 0 Å². The van der Waals surface area contributed by atoms with E-state index in [-0.39, 0.29) is 18.5 Å². The van der Waals surface area contributed by atoms with Crippen molar-refractivity contribution in [3.8, 4) is 0 Å². The maximum absolute atomic E-state index is 12.4. The molecule has 0 aliphatic carbocycles. The van der Waals surface area contributed by atoms with Crippen LogP contribution in [0.1, 0.15) is 258 Å². The highest BCUT2D eigenvalue weighted by Gasteiger charge is 2.17. The van der Waals surface area contributed by atoms with Crippen molar-refractivity contribution in [2.24, 2.45) is 0 Å². The molecule has 0 bridgehead atoms. The molecule has 0 aliphatic heterocycles. The monoisotopic (exact) mass is 842 g/mol. The molecule has 0 aromatic carbocycles. The number of esters is 1. The highest BCUT2D eigenvalue weighted by atomic mass is 16.5. The molecule has 2 unspecified atom stereocenters. The Morgan fingerprint density at radius 2 is 0.867 bits per heavy atom. The van der Waals surface area contributed by atoms with E-state index >= 15 is 0 Å². The zero-order chi connectivity index (χ0) is 43.7. The Morgan fingerprint density at radius 1 is 0.467 bits per heavy atom. The third-order valence-corrected chi connectivity index (χ3v) is 11.6. The van der Waals surface area contributed by atoms with E-state index in [0.29, 0.717) is 25.9 Å². The molecule has 0 fully saturated rings. The molecule has 0 saturated heterocycles. The molecule has 0 radical (unpaired) electrons. The summed E-state index contributed by atoms with van der Waals surface area (Å²) in [6.07, 6.45) is 61.2. The van der Waals surface area contributed by atoms with E-state index in [1.807, 2.05) is 12.2 Å². The summed E-state index contributed by atoms with van der Waals surface area (Å²) in [7, 11) is 0. The summed E-state index contributed by atoms with van der Waals surface area (Å²) in [6.45, 7) is 4.79. The molecule has 6 heteroatoms. The predicted octanol–water partition coefficient (Wildman–Crippen LogP) is 15.5. The van der Waals surface area contributed by atoms with Crippen molar-refractivity contribution in [1.82, 2.24) is 5.32 Å². The lowest BCUT2D eigenvalue weighted by molar-refractivity contribution is -0.143. The van der Waals surface area contributed by atoms with Gasteiger partial charge in [-0.25, -0.2) is 0 Å². The molecule has 60 heavy (non-hydrogen) atoms. The minimum absolute atomic E-state index is 0.0303. The number of allylic oxidation sites excluding steroid dienone is 7. The first-order valence-corrected chi connectivity index (χ1v) is 25.9. The van der Waals surface area contributed by atoms with Crippen LogP contribution in [-0.4, -0.2) is 47.4 Å². The quantitative estimate of drug-likeness (QED) is 0.0322. The van der Waals surface area contributed by atoms with Crippen molar-refractivity contribution in [1.29, 1.82) is 0 Å². The Balaban J connectivity index is 3.61. The molecule has 0 aromatic heterocycles. The number of carbonyl (C=O) groups excluding carboxylic acids is 2. The Bertz CT molecular complexity index is 1020. The van der Waals surface area contributed by atoms with Crippen molar-refractivity contribution in [2.75, 3.05) is 13.2 Å². The van der Waals surface area contributed by atoms with E-state index in [1.165, 1.54) is 173 Å². The van der Waals surface area contributed by atoms with Gasteiger partial charge in [0.05, 0.1) is 25.4 Å². The second-order valence-electron chi connectivity index (χ2n) is 17.5. The van der Waals surface area contributed by atoms with E-state index in [4.69, 9.17) is 4.74 Å². The van der Waals surface area contributed by atoms with Gasteiger partial charge >= 0.3 is 5.97 Å². The summed E-state index contributed by atoms with van der Waals surface area (Å²) in [6, 6.07) is -0.673. The number of rotatable bonds is 47. The maximum Gasteiger partial charge on any atom is 0.305 e. The van der Waals surface area contributed by atoms with Gasteiger partial charge in [-0.05, 0) is 70.6 Å². The van der Waals surface area contributed by atoms with Crippen LogP contribution in [0.4, 0.5) is 0 Å². The summed E-state index contributed by atoms with van der Waals surface area (Å²) < 4.78 is 5.42. The molecule has 2 atom stereocenters. The summed E-state index contributed by atoms with van der Waals surface area (Å²) in [5, 5.41) is 23.0. The molecule has 0 spiro atoms. The molecule has 0 saturated carbocycles. The van der Waals surface area contributed by atoms with Gasteiger partial charge in [-0.3, -0.25) is 9.59 Å². The lowest BCUT2D eigenvalue weighted by Gasteiger charge is -2.19. The van der Waals surface area contributed by atoms with Gasteiger partial charge in [0.25, 0.3) is 0 Å². The van der Waals surface area contributed by atoms with Gasteiger partial charge in [-0.2, -0.15) is 0 Å². The molecular formula is C54H99NO5. The smallest absolute Gasteiger partial charge is 0.305 e. The molecule has 1 amide bonds. The van der Waals surface area contributed by atoms with Crippen LogP contribution in [0.5, 0.6) is 0 Å². The first-order valence-electron chi connectivity index (χ1n) is 25.9. The summed E-state index contributed by atoms with van der Waals surface area (Å²) in [5.74, 6) is -0.179. The maximum atomic E-state index is 12.4. The largest absolute Gasteiger partial charge is 0.466 e. The van der Waals surface area contributed by atoms with E-state index in [9.17, 15) is 19.8 Å². The van der Waals surface area contributed by atoms with E-state index in [1.54, 1.807) is 6.08 Å². The van der Waals surface area contributed by atoms with Gasteiger partial charge < -0.3 is 20.3 Å². The van der Waals surface area contributed by atoms with Gasteiger partial charge in [0.15, 0.2) is 0 Å². The van der Waals surface area contributed by atoms with Gasteiger partial charge in [0.1, 0.15) is 0 Å². The van der Waals surface area contributed by atoms with Gasteiger partial charge in [-0.1, -0.05) is 223 Å². The van der Waals surface area contributed by atoms with E-state index < -0.39 is 12.1 Å². The minimum Gasteiger partial charge on any atom is -0.466 e. The van der Waals surface area contributed by atoms with Crippen LogP contribution in [0.2, 0.25) is 0 Å². The first-order chi connectivity index (χ1) is 29.5. The van der Waals surface area contributed by atoms with E-state index in [2.05, 4.69) is 49.5 Å². The number of hydrogen-bond acceptors (Lipinski definition) is 5. The molecule has 0 rings (SSSR count). The second kappa shape index (κ2) is 49.5. The van der Waals surface area contributed by atoms with Crippen LogP contribution in [0.15, 0.2) is 48.6 Å². The standard InChI is InChI=1S/C54H99NO5/c1-3-5-7-9-11-13-15-16-17-18-19-20-21-23-27-30-34-38-42-46-52(57)51(50-56)55-53(58)47-43-39-35-31-28-24-22-25-29-33-37-41-45-49-60-54(59)48-44-40-36-32-26-14-12-10-8-6-4-2/h10,12,24,28,35,39,42,46,51-52,56-57H,3-9,11,13-23,25-27,29-34,36-38,40-41,43-45,47-50H2,1-2H3,(H,55,58)/b12-10-,28-24-,39-35-,46-42+. The number of nitrogens with one attached hydrogen (secondary N) is 1. The molecule has 0 aromatic rings. The van der Waals surface area contributed by atoms with E-state index in [0.717, 1.165) is 51.4 Å². The predicted molar refractivity (Wildman–Crippen MR) is 259 cm³/mol. The number of hydrogen-bond donors (Lipinski definition) is 3. The van der Waals surface area contributed by atoms with Gasteiger partial charge in [-0.15, -0.1) is 0 Å². The fraction of sp³-hybridized carbons (Fsp3) is 0.815. The third kappa shape index (κ3) is 45.3. The Morgan fingerprint density at radius 3 is 1.37 bits per heavy atom. The number of ether oxygens (including phenoxy) is 1. The Kier molecular flexibility index (Phi) is 47.7. The van der Waals surface area contributed by atoms with Crippen molar-refractivity contribution < 1.29 is 24.5 Å². The number of amides is 1. The average molecular weight is 842 g/mol. The number of aliphatic hydroxyl groups is 2. The lowest BCUT2D eigenvalue weighted by Crippen LogP contribution is -2.45. The summed E-state index contributed by atoms with van der Waals surface area (Å²) in [4.78, 5) is 24.4. The zero-order valence-electron chi connectivity index (χ0n) is 39.7. The normalized spacial score (nSPS) is 13.1. The molecule has 6 nitrogen and oxygen atoms in total. The number of carbonyl (C=O) groups is 2. The van der Waals surface area contributed by atoms with Crippen LogP contribution >= 0.6 is 0 Å². The Hall–Kier alpha value is -2.18. The first kappa shape index (κ1) is 57.8. The van der Waals surface area contributed by atoms with Crippen LogP contribution in [0.3, 0.4) is 0 Å². The highest BCUT2D eigenvalue weighted by Crippen LogP contribution is 2.15. The molecule has 0 aliphatic rings. The fourth-order valence-corrected chi connectivity index (χ4v) is 7.55. The van der Waals surface area contributed by atoms with Crippen LogP contribution in [0, 0.1) is 0 Å². The van der Waals surface area contributed by atoms with Crippen molar-refractivity contribution in [3.05, 3.63) is 48.6 Å². The molecule has 3 N–H and O–H groups in total. The number of aliphatic hydroxyl groups excluding tert-OH is 2. The van der Waals surface area contributed by atoms with Crippen molar-refractivity contribution in [2.45, 2.75) is 270 Å². The van der Waals surface area contributed by atoms with Gasteiger partial charge in [0.2, 0.25) is 5.91 Å². The average Bonchev–Trinajstić information content (AvgIpc) is 3.25. The fourth-order valence-electron chi connectivity index (χ4n) is 7.55. The molecule has 350 valence electrons.